The van der Waals surface area contributed by atoms with E-state index in [-0.39, 0.29) is 0 Å². The summed E-state index contributed by atoms with van der Waals surface area (Å²) in [4.78, 5) is 0. The molecular weight excluding hydrogens is 1260 g/mol. The van der Waals surface area contributed by atoms with Gasteiger partial charge in [0.05, 0.1) is 0 Å². The molecule has 42 rings (SSSR count). The summed E-state index contributed by atoms with van der Waals surface area (Å²) < 4.78 is 0. The molecule has 0 heteroatoms. The molecule has 0 amide bonds. The lowest BCUT2D eigenvalue weighted by Crippen LogP contribution is -1.51. The smallest absolute Gasteiger partial charge is 0.0297 e. The summed E-state index contributed by atoms with van der Waals surface area (Å²) in [6.45, 7) is 0. The Kier molecular flexibility index (Phi) is 17.0. The fourth-order valence-electron chi connectivity index (χ4n) is 17.9. The Morgan fingerprint density at radius 2 is 0.0571 bits per heavy atom. The zero-order valence-corrected chi connectivity index (χ0v) is 69.9. The van der Waals surface area contributed by atoms with Crippen molar-refractivity contribution < 1.29 is 0 Å². The standard InChI is InChI=1S/21C5H8/c21*1-2-5(1)3-4-5/h21*1-4H2. The molecule has 0 N–H and O–H groups in total. The lowest BCUT2D eigenvalue weighted by molar-refractivity contribution is 0.898. The number of hydrogen-bond donors (Lipinski definition) is 0. The van der Waals surface area contributed by atoms with Crippen LogP contribution in [0.5, 0.6) is 0 Å². The van der Waals surface area contributed by atoms with Gasteiger partial charge in [-0.1, -0.05) is 0 Å². The van der Waals surface area contributed by atoms with E-state index >= 15 is 0 Å². The van der Waals surface area contributed by atoms with Crippen molar-refractivity contribution in [1.29, 1.82) is 0 Å². The van der Waals surface area contributed by atoms with Crippen LogP contribution in [0.25, 0.3) is 0 Å². The molecule has 0 aromatic carbocycles. The van der Waals surface area contributed by atoms with Gasteiger partial charge in [-0.2, -0.15) is 0 Å². The van der Waals surface area contributed by atoms with Gasteiger partial charge < -0.3 is 0 Å². The Labute approximate surface area is 649 Å². The van der Waals surface area contributed by atoms with Crippen LogP contribution in [0.4, 0.5) is 0 Å². The molecular formula is C105H168. The Morgan fingerprint density at radius 1 is 0.0381 bits per heavy atom. The van der Waals surface area contributed by atoms with Gasteiger partial charge in [-0.3, -0.25) is 0 Å². The van der Waals surface area contributed by atoms with Crippen molar-refractivity contribution in [2.45, 2.75) is 539 Å². The van der Waals surface area contributed by atoms with E-state index in [0.717, 1.165) is 114 Å². The highest BCUT2D eigenvalue weighted by atomic mass is 14.7. The van der Waals surface area contributed by atoms with Gasteiger partial charge in [0.1, 0.15) is 0 Å². The van der Waals surface area contributed by atoms with E-state index in [9.17, 15) is 0 Å². The van der Waals surface area contributed by atoms with E-state index in [2.05, 4.69) is 0 Å². The Morgan fingerprint density at radius 3 is 0.0571 bits per heavy atom. The topological polar surface area (TPSA) is 0 Å². The third kappa shape index (κ3) is 24.5. The lowest BCUT2D eigenvalue weighted by atomic mass is 10.5. The number of hydrogen-bond acceptors (Lipinski definition) is 0. The zero-order valence-electron chi connectivity index (χ0n) is 69.9. The summed E-state index contributed by atoms with van der Waals surface area (Å²) in [5, 5.41) is 0. The average molecular weight is 1430 g/mol. The van der Waals surface area contributed by atoms with Gasteiger partial charge >= 0.3 is 0 Å². The van der Waals surface area contributed by atoms with E-state index in [1.165, 1.54) is 0 Å². The summed E-state index contributed by atoms with van der Waals surface area (Å²) in [5.74, 6) is 0. The second kappa shape index (κ2) is 25.0. The largest absolute Gasteiger partial charge is 0.0471 e. The molecule has 0 aromatic heterocycles. The minimum Gasteiger partial charge on any atom is -0.0471 e. The Balaban J connectivity index is 0.0000000690. The Hall–Kier alpha value is 0. The average Bonchev–Trinajstić information content (AvgIpc) is 4.59. The zero-order chi connectivity index (χ0) is 69.9. The molecule has 42 aliphatic carbocycles. The van der Waals surface area contributed by atoms with Crippen LogP contribution < -0.4 is 0 Å². The summed E-state index contributed by atoms with van der Waals surface area (Å²) in [5.41, 5.74) is 21.0. The fourth-order valence-corrected chi connectivity index (χ4v) is 17.9. The molecule has 0 aliphatic heterocycles. The normalized spacial score (nSPS) is 38.4. The van der Waals surface area contributed by atoms with Gasteiger partial charge in [0.25, 0.3) is 0 Å². The maximum Gasteiger partial charge on any atom is -0.0297 e. The molecule has 0 aromatic rings. The second-order valence-electron chi connectivity index (χ2n) is 52.5. The van der Waals surface area contributed by atoms with Crippen LogP contribution in [0.1, 0.15) is 539 Å². The Bertz CT molecular complexity index is 1820. The van der Waals surface area contributed by atoms with E-state index in [0.29, 0.717) is 0 Å². The minimum absolute atomic E-state index is 1.00. The first-order valence-electron chi connectivity index (χ1n) is 50.7. The summed E-state index contributed by atoms with van der Waals surface area (Å²) in [6.07, 6.45) is 131. The van der Waals surface area contributed by atoms with Crippen molar-refractivity contribution in [3.63, 3.8) is 0 Å². The van der Waals surface area contributed by atoms with Crippen LogP contribution in [0.15, 0.2) is 0 Å². The monoisotopic (exact) mass is 1430 g/mol. The first-order valence-corrected chi connectivity index (χ1v) is 50.7. The highest BCUT2D eigenvalue weighted by molar-refractivity contribution is 5.14. The summed E-state index contributed by atoms with van der Waals surface area (Å²) in [7, 11) is 0. The summed E-state index contributed by atoms with van der Waals surface area (Å²) >= 11 is 0. The third-order valence-electron chi connectivity index (χ3n) is 40.2. The maximum atomic E-state index is 1.56. The molecule has 42 fully saturated rings. The van der Waals surface area contributed by atoms with E-state index in [4.69, 9.17) is 0 Å². The molecule has 0 saturated heterocycles. The maximum absolute atomic E-state index is 1.56. The van der Waals surface area contributed by atoms with Gasteiger partial charge in [0, 0.05) is 0 Å². The van der Waals surface area contributed by atoms with Crippen molar-refractivity contribution >= 4 is 0 Å². The highest BCUT2D eigenvalue weighted by Gasteiger charge is 2.62. The van der Waals surface area contributed by atoms with E-state index < -0.39 is 0 Å². The van der Waals surface area contributed by atoms with Gasteiger partial charge in [-0.15, -0.1) is 0 Å². The fraction of sp³-hybridized carbons (Fsp3) is 1.00. The SMILES string of the molecule is C1CC12CC2.C1CC12CC2.C1CC12CC2.C1CC12CC2.C1CC12CC2.C1CC12CC2.C1CC12CC2.C1CC12CC2.C1CC12CC2.C1CC12CC2.C1CC12CC2.C1CC12CC2.C1CC12CC2.C1CC12CC2.C1CC12CC2.C1CC12CC2.C1CC12CC2.C1CC12CC2.C1CC12CC2.C1CC12CC2.C1CC12CC2. The van der Waals surface area contributed by atoms with Gasteiger partial charge in [-0.25, -0.2) is 0 Å². The van der Waals surface area contributed by atoms with E-state index in [1.807, 2.05) is 0 Å². The van der Waals surface area contributed by atoms with Gasteiger partial charge in [0.15, 0.2) is 0 Å². The van der Waals surface area contributed by atoms with Crippen LogP contribution in [-0.2, 0) is 0 Å². The molecule has 0 unspecified atom stereocenters. The van der Waals surface area contributed by atoms with Crippen LogP contribution in [0.3, 0.4) is 0 Å². The van der Waals surface area contributed by atoms with Crippen molar-refractivity contribution in [2.75, 3.05) is 0 Å². The highest BCUT2D eigenvalue weighted by Crippen LogP contribution is 2.75. The second-order valence-corrected chi connectivity index (χ2v) is 52.5. The quantitative estimate of drug-likeness (QED) is 0.227. The van der Waals surface area contributed by atoms with Crippen molar-refractivity contribution in [2.24, 2.45) is 114 Å². The molecule has 42 aliphatic rings. The first-order chi connectivity index (χ1) is 50.7. The molecule has 105 heavy (non-hydrogen) atoms. The molecule has 21 spiro atoms. The molecule has 0 bridgehead atoms. The molecule has 0 heterocycles. The van der Waals surface area contributed by atoms with Crippen LogP contribution in [-0.4, -0.2) is 0 Å². The van der Waals surface area contributed by atoms with Gasteiger partial charge in [-0.05, 0) is 653 Å². The summed E-state index contributed by atoms with van der Waals surface area (Å²) in [6, 6.07) is 0. The van der Waals surface area contributed by atoms with Crippen molar-refractivity contribution in [1.82, 2.24) is 0 Å². The third-order valence-corrected chi connectivity index (χ3v) is 40.2. The minimum atomic E-state index is 1.00. The molecule has 42 saturated carbocycles. The molecule has 0 radical (unpaired) electrons. The predicted molar refractivity (Wildman–Crippen MR) is 439 cm³/mol. The molecule has 588 valence electrons. The molecule has 0 atom stereocenters. The van der Waals surface area contributed by atoms with Crippen molar-refractivity contribution in [3.8, 4) is 0 Å². The van der Waals surface area contributed by atoms with Crippen molar-refractivity contribution in [3.05, 3.63) is 0 Å². The molecule has 0 nitrogen and oxygen atoms in total. The first kappa shape index (κ1) is 71.5. The van der Waals surface area contributed by atoms with Crippen LogP contribution >= 0.6 is 0 Å². The predicted octanol–water partition coefficient (Wildman–Crippen LogP) is 32.8. The van der Waals surface area contributed by atoms with Gasteiger partial charge in [0.2, 0.25) is 0 Å². The lowest BCUT2D eigenvalue weighted by Gasteiger charge is -1.60. The van der Waals surface area contributed by atoms with E-state index in [1.54, 1.807) is 539 Å². The van der Waals surface area contributed by atoms with Crippen LogP contribution in [0.2, 0.25) is 0 Å². The number of rotatable bonds is 0. The van der Waals surface area contributed by atoms with Crippen LogP contribution in [0, 0.1) is 114 Å².